The molecule has 0 aliphatic carbocycles. The van der Waals surface area contributed by atoms with Gasteiger partial charge in [0.2, 0.25) is 5.91 Å². The number of halogens is 1. The van der Waals surface area contributed by atoms with Gasteiger partial charge in [-0.15, -0.1) is 24.2 Å². The summed E-state index contributed by atoms with van der Waals surface area (Å²) in [6.07, 6.45) is 1.07. The van der Waals surface area contributed by atoms with Crippen molar-refractivity contribution in [3.63, 3.8) is 0 Å². The van der Waals surface area contributed by atoms with Crippen LogP contribution in [0.5, 0.6) is 0 Å². The van der Waals surface area contributed by atoms with Crippen molar-refractivity contribution < 1.29 is 4.79 Å². The van der Waals surface area contributed by atoms with Gasteiger partial charge in [-0.05, 0) is 25.1 Å². The van der Waals surface area contributed by atoms with Crippen molar-refractivity contribution in [1.82, 2.24) is 10.2 Å². The molecule has 1 amide bonds. The van der Waals surface area contributed by atoms with Crippen LogP contribution in [0, 0.1) is 0 Å². The number of hydrogen-bond donors (Lipinski definition) is 1. The van der Waals surface area contributed by atoms with E-state index in [1.165, 1.54) is 0 Å². The van der Waals surface area contributed by atoms with Crippen LogP contribution < -0.4 is 5.32 Å². The summed E-state index contributed by atoms with van der Waals surface area (Å²) in [6.45, 7) is 1.95. The molecule has 1 N–H and O–H groups in total. The van der Waals surface area contributed by atoms with Crippen LogP contribution in [0.15, 0.2) is 35.2 Å². The largest absolute Gasteiger partial charge is 0.341 e. The molecular weight excluding hydrogens is 268 g/mol. The van der Waals surface area contributed by atoms with E-state index in [2.05, 4.69) is 5.32 Å². The summed E-state index contributed by atoms with van der Waals surface area (Å²) < 4.78 is 0. The molecule has 0 radical (unpaired) electrons. The smallest absolute Gasteiger partial charge is 0.232 e. The van der Waals surface area contributed by atoms with Gasteiger partial charge in [-0.25, -0.2) is 0 Å². The quantitative estimate of drug-likeness (QED) is 0.860. The molecule has 0 aromatic heterocycles. The number of amides is 1. The first-order valence-electron chi connectivity index (χ1n) is 5.91. The Hall–Kier alpha value is -0.710. The zero-order chi connectivity index (χ0) is 12.1. The average Bonchev–Trinajstić information content (AvgIpc) is 2.90. The van der Waals surface area contributed by atoms with Gasteiger partial charge >= 0.3 is 0 Å². The van der Waals surface area contributed by atoms with Gasteiger partial charge in [0.05, 0.1) is 5.75 Å². The maximum absolute atomic E-state index is 12.0. The van der Waals surface area contributed by atoms with Crippen molar-refractivity contribution in [2.45, 2.75) is 17.4 Å². The fourth-order valence-corrected chi connectivity index (χ4v) is 2.78. The molecule has 5 heteroatoms. The lowest BCUT2D eigenvalue weighted by Crippen LogP contribution is -2.39. The molecule has 1 fully saturated rings. The number of rotatable bonds is 4. The first kappa shape index (κ1) is 15.3. The monoisotopic (exact) mass is 286 g/mol. The first-order valence-corrected chi connectivity index (χ1v) is 6.90. The molecule has 1 aromatic rings. The first-order chi connectivity index (χ1) is 8.27. The van der Waals surface area contributed by atoms with Gasteiger partial charge < -0.3 is 10.2 Å². The van der Waals surface area contributed by atoms with Crippen LogP contribution in [0.3, 0.4) is 0 Å². The van der Waals surface area contributed by atoms with Crippen LogP contribution in [0.4, 0.5) is 0 Å². The lowest BCUT2D eigenvalue weighted by atomic mass is 10.2. The van der Waals surface area contributed by atoms with Crippen molar-refractivity contribution in [2.75, 3.05) is 25.9 Å². The zero-order valence-corrected chi connectivity index (χ0v) is 12.1. The van der Waals surface area contributed by atoms with E-state index < -0.39 is 0 Å². The predicted octanol–water partition coefficient (Wildman–Crippen LogP) is 2.02. The molecule has 1 aliphatic rings. The minimum absolute atomic E-state index is 0. The number of carbonyl (C=O) groups excluding carboxylic acids is 1. The Morgan fingerprint density at radius 2 is 2.17 bits per heavy atom. The number of benzene rings is 1. The van der Waals surface area contributed by atoms with Crippen LogP contribution in [0.25, 0.3) is 0 Å². The van der Waals surface area contributed by atoms with E-state index in [4.69, 9.17) is 0 Å². The third-order valence-electron chi connectivity index (χ3n) is 3.08. The van der Waals surface area contributed by atoms with Gasteiger partial charge in [0.1, 0.15) is 0 Å². The number of hydrogen-bond acceptors (Lipinski definition) is 3. The second-order valence-electron chi connectivity index (χ2n) is 4.25. The fraction of sp³-hybridized carbons (Fsp3) is 0.462. The molecule has 100 valence electrons. The van der Waals surface area contributed by atoms with E-state index in [9.17, 15) is 4.79 Å². The summed E-state index contributed by atoms with van der Waals surface area (Å²) in [5, 5.41) is 3.28. The van der Waals surface area contributed by atoms with Crippen molar-refractivity contribution >= 4 is 30.1 Å². The fourth-order valence-electron chi connectivity index (χ4n) is 1.94. The highest BCUT2D eigenvalue weighted by Crippen LogP contribution is 2.18. The second kappa shape index (κ2) is 7.67. The van der Waals surface area contributed by atoms with E-state index in [0.29, 0.717) is 11.8 Å². The number of thioether (sulfide) groups is 1. The van der Waals surface area contributed by atoms with Gasteiger partial charge in [-0.1, -0.05) is 18.2 Å². The molecule has 1 aliphatic heterocycles. The maximum Gasteiger partial charge on any atom is 0.232 e. The molecule has 1 unspecified atom stereocenters. The Morgan fingerprint density at radius 1 is 1.44 bits per heavy atom. The van der Waals surface area contributed by atoms with Gasteiger partial charge in [-0.2, -0.15) is 0 Å². The van der Waals surface area contributed by atoms with Gasteiger partial charge in [0.25, 0.3) is 0 Å². The van der Waals surface area contributed by atoms with E-state index in [-0.39, 0.29) is 18.3 Å². The minimum Gasteiger partial charge on any atom is -0.341 e. The van der Waals surface area contributed by atoms with Crippen molar-refractivity contribution in [3.8, 4) is 0 Å². The molecule has 3 nitrogen and oxygen atoms in total. The Kier molecular flexibility index (Phi) is 6.54. The summed E-state index contributed by atoms with van der Waals surface area (Å²) >= 11 is 1.60. The van der Waals surface area contributed by atoms with Crippen molar-refractivity contribution in [1.29, 1.82) is 0 Å². The van der Waals surface area contributed by atoms with E-state index in [1.807, 2.05) is 42.3 Å². The SMILES string of the molecule is CN(C(=O)CSc1ccccc1)C1CCNC1.Cl. The molecular formula is C13H19ClN2OS. The summed E-state index contributed by atoms with van der Waals surface area (Å²) in [5.74, 6) is 0.740. The molecule has 1 aromatic carbocycles. The summed E-state index contributed by atoms with van der Waals surface area (Å²) in [6, 6.07) is 10.4. The van der Waals surface area contributed by atoms with Crippen LogP contribution in [0.2, 0.25) is 0 Å². The molecule has 2 rings (SSSR count). The number of nitrogens with zero attached hydrogens (tertiary/aromatic N) is 1. The third kappa shape index (κ3) is 4.19. The van der Waals surface area contributed by atoms with Gasteiger partial charge in [-0.3, -0.25) is 4.79 Å². The normalized spacial score (nSPS) is 18.2. The van der Waals surface area contributed by atoms with Crippen molar-refractivity contribution in [2.24, 2.45) is 0 Å². The highest BCUT2D eigenvalue weighted by molar-refractivity contribution is 8.00. The van der Waals surface area contributed by atoms with E-state index in [1.54, 1.807) is 11.8 Å². The van der Waals surface area contributed by atoms with Crippen LogP contribution in [0.1, 0.15) is 6.42 Å². The number of nitrogens with one attached hydrogen (secondary N) is 1. The molecule has 18 heavy (non-hydrogen) atoms. The second-order valence-corrected chi connectivity index (χ2v) is 5.30. The predicted molar refractivity (Wildman–Crippen MR) is 78.5 cm³/mol. The lowest BCUT2D eigenvalue weighted by molar-refractivity contribution is -0.128. The summed E-state index contributed by atoms with van der Waals surface area (Å²) in [5.41, 5.74) is 0. The van der Waals surface area contributed by atoms with Crippen LogP contribution in [-0.4, -0.2) is 42.7 Å². The molecule has 0 bridgehead atoms. The molecule has 0 spiro atoms. The molecule has 1 saturated heterocycles. The lowest BCUT2D eigenvalue weighted by Gasteiger charge is -2.23. The van der Waals surface area contributed by atoms with Gasteiger partial charge in [0.15, 0.2) is 0 Å². The third-order valence-corrected chi connectivity index (χ3v) is 4.08. The number of likely N-dealkylation sites (N-methyl/N-ethyl adjacent to an activating group) is 1. The van der Waals surface area contributed by atoms with Crippen LogP contribution in [-0.2, 0) is 4.79 Å². The van der Waals surface area contributed by atoms with Crippen molar-refractivity contribution in [3.05, 3.63) is 30.3 Å². The highest BCUT2D eigenvalue weighted by atomic mass is 35.5. The van der Waals surface area contributed by atoms with Crippen LogP contribution >= 0.6 is 24.2 Å². The molecule has 1 heterocycles. The Morgan fingerprint density at radius 3 is 2.78 bits per heavy atom. The molecule has 1 atom stereocenters. The van der Waals surface area contributed by atoms with Gasteiger partial charge in [0, 0.05) is 24.5 Å². The average molecular weight is 287 g/mol. The number of carbonyl (C=O) groups is 1. The Balaban J connectivity index is 0.00000162. The minimum atomic E-state index is 0. The summed E-state index contributed by atoms with van der Waals surface area (Å²) in [7, 11) is 1.91. The zero-order valence-electron chi connectivity index (χ0n) is 10.5. The van der Waals surface area contributed by atoms with E-state index >= 15 is 0 Å². The standard InChI is InChI=1S/C13H18N2OS.ClH/c1-15(11-7-8-14-9-11)13(16)10-17-12-5-3-2-4-6-12;/h2-6,11,14H,7-10H2,1H3;1H. The maximum atomic E-state index is 12.0. The highest BCUT2D eigenvalue weighted by Gasteiger charge is 2.22. The van der Waals surface area contributed by atoms with E-state index in [0.717, 1.165) is 24.4 Å². The Labute approximate surface area is 119 Å². The molecule has 0 saturated carbocycles. The topological polar surface area (TPSA) is 32.3 Å². The summed E-state index contributed by atoms with van der Waals surface area (Å²) in [4.78, 5) is 15.0. The Bertz CT molecular complexity index is 369.